The number of rotatable bonds is 4. The molecule has 1 amide bonds. The Bertz CT molecular complexity index is 1080. The summed E-state index contributed by atoms with van der Waals surface area (Å²) in [6, 6.07) is 11.7. The lowest BCUT2D eigenvalue weighted by molar-refractivity contribution is -0.118. The summed E-state index contributed by atoms with van der Waals surface area (Å²) >= 11 is 3.29. The van der Waals surface area contributed by atoms with Gasteiger partial charge in [0.2, 0.25) is 0 Å². The normalized spacial score (nSPS) is 11.1. The molecule has 0 bridgehead atoms. The highest BCUT2D eigenvalue weighted by Crippen LogP contribution is 2.38. The second-order valence-electron chi connectivity index (χ2n) is 5.77. The Balaban J connectivity index is 1.57. The Morgan fingerprint density at radius 1 is 1.24 bits per heavy atom. The molecule has 2 aromatic carbocycles. The number of amides is 1. The number of carbonyl (C=O) groups is 1. The van der Waals surface area contributed by atoms with Gasteiger partial charge in [0, 0.05) is 17.1 Å². The van der Waals surface area contributed by atoms with E-state index in [1.54, 1.807) is 22.7 Å². The third kappa shape index (κ3) is 3.10. The molecule has 0 saturated heterocycles. The van der Waals surface area contributed by atoms with Crippen LogP contribution in [0, 0.1) is 13.8 Å². The number of hydrogen-bond donors (Lipinski definition) is 1. The zero-order valence-electron chi connectivity index (χ0n) is 13.8. The van der Waals surface area contributed by atoms with Gasteiger partial charge in [-0.1, -0.05) is 18.2 Å². The number of ether oxygens (including phenoxy) is 1. The highest BCUT2D eigenvalue weighted by molar-refractivity contribution is 7.21. The van der Waals surface area contributed by atoms with Crippen LogP contribution >= 0.6 is 22.7 Å². The van der Waals surface area contributed by atoms with Crippen LogP contribution in [-0.2, 0) is 4.79 Å². The number of aromatic nitrogens is 1. The summed E-state index contributed by atoms with van der Waals surface area (Å²) in [5.41, 5.74) is 2.85. The molecule has 4 aromatic rings. The van der Waals surface area contributed by atoms with E-state index < -0.39 is 0 Å². The molecule has 4 nitrogen and oxygen atoms in total. The molecule has 0 radical (unpaired) electrons. The number of fused-ring (bicyclic) bond motifs is 3. The number of thiophene rings is 1. The third-order valence-corrected chi connectivity index (χ3v) is 5.79. The SMILES string of the molecule is Cc1nc2c(cc(OCC(=O)Nc3ccccc3C)c3ccsc32)s1. The molecule has 126 valence electrons. The van der Waals surface area contributed by atoms with E-state index in [1.165, 1.54) is 0 Å². The Labute approximate surface area is 153 Å². The van der Waals surface area contributed by atoms with Gasteiger partial charge in [-0.2, -0.15) is 0 Å². The first kappa shape index (κ1) is 16.1. The Morgan fingerprint density at radius 2 is 2.08 bits per heavy atom. The smallest absolute Gasteiger partial charge is 0.262 e. The van der Waals surface area contributed by atoms with Gasteiger partial charge in [0.1, 0.15) is 5.75 Å². The van der Waals surface area contributed by atoms with Crippen LogP contribution in [0.3, 0.4) is 0 Å². The molecule has 2 aromatic heterocycles. The third-order valence-electron chi connectivity index (χ3n) is 3.95. The summed E-state index contributed by atoms with van der Waals surface area (Å²) in [7, 11) is 0. The molecule has 0 unspecified atom stereocenters. The lowest BCUT2D eigenvalue weighted by atomic mass is 10.2. The van der Waals surface area contributed by atoms with E-state index in [0.717, 1.165) is 42.3 Å². The molecule has 0 atom stereocenters. The van der Waals surface area contributed by atoms with Crippen molar-refractivity contribution >= 4 is 54.6 Å². The van der Waals surface area contributed by atoms with Crippen molar-refractivity contribution in [3.63, 3.8) is 0 Å². The first-order valence-corrected chi connectivity index (χ1v) is 9.57. The van der Waals surface area contributed by atoms with Crippen molar-refractivity contribution < 1.29 is 9.53 Å². The molecule has 4 rings (SSSR count). The summed E-state index contributed by atoms with van der Waals surface area (Å²) in [6.07, 6.45) is 0. The first-order valence-electron chi connectivity index (χ1n) is 7.87. The lowest BCUT2D eigenvalue weighted by Crippen LogP contribution is -2.20. The maximum absolute atomic E-state index is 12.2. The minimum Gasteiger partial charge on any atom is -0.483 e. The molecule has 25 heavy (non-hydrogen) atoms. The fourth-order valence-electron chi connectivity index (χ4n) is 2.75. The minimum absolute atomic E-state index is 0.0252. The quantitative estimate of drug-likeness (QED) is 0.542. The molecule has 0 fully saturated rings. The topological polar surface area (TPSA) is 51.2 Å². The number of aryl methyl sites for hydroxylation is 2. The number of hydrogen-bond acceptors (Lipinski definition) is 5. The van der Waals surface area contributed by atoms with Gasteiger partial charge in [0.05, 0.1) is 19.9 Å². The summed E-state index contributed by atoms with van der Waals surface area (Å²) < 4.78 is 8.03. The highest BCUT2D eigenvalue weighted by atomic mass is 32.1. The molecule has 2 heterocycles. The predicted octanol–water partition coefficient (Wildman–Crippen LogP) is 5.15. The number of thiazole rings is 1. The van der Waals surface area contributed by atoms with Gasteiger partial charge in [0.25, 0.3) is 5.91 Å². The molecule has 0 aliphatic rings. The van der Waals surface area contributed by atoms with Gasteiger partial charge in [0.15, 0.2) is 6.61 Å². The maximum Gasteiger partial charge on any atom is 0.262 e. The van der Waals surface area contributed by atoms with Crippen LogP contribution in [0.5, 0.6) is 5.75 Å². The summed E-state index contributed by atoms with van der Waals surface area (Å²) in [6.45, 7) is 3.94. The first-order chi connectivity index (χ1) is 12.1. The average Bonchev–Trinajstić information content (AvgIpc) is 3.20. The van der Waals surface area contributed by atoms with Crippen LogP contribution in [0.25, 0.3) is 20.3 Å². The molecule has 0 saturated carbocycles. The van der Waals surface area contributed by atoms with Gasteiger partial charge >= 0.3 is 0 Å². The summed E-state index contributed by atoms with van der Waals surface area (Å²) in [5.74, 6) is 0.561. The van der Waals surface area contributed by atoms with Gasteiger partial charge < -0.3 is 10.1 Å². The Kier molecular flexibility index (Phi) is 4.15. The molecule has 1 N–H and O–H groups in total. The molecular formula is C19H16N2O2S2. The van der Waals surface area contributed by atoms with E-state index >= 15 is 0 Å². The zero-order chi connectivity index (χ0) is 17.4. The fraction of sp³-hybridized carbons (Fsp3) is 0.158. The van der Waals surface area contributed by atoms with Crippen molar-refractivity contribution in [2.24, 2.45) is 0 Å². The Morgan fingerprint density at radius 3 is 2.92 bits per heavy atom. The monoisotopic (exact) mass is 368 g/mol. The minimum atomic E-state index is -0.168. The second-order valence-corrected chi connectivity index (χ2v) is 7.92. The number of carbonyl (C=O) groups excluding carboxylic acids is 1. The van der Waals surface area contributed by atoms with E-state index in [1.807, 2.05) is 55.6 Å². The van der Waals surface area contributed by atoms with E-state index in [9.17, 15) is 4.79 Å². The van der Waals surface area contributed by atoms with Crippen molar-refractivity contribution in [3.05, 3.63) is 52.3 Å². The van der Waals surface area contributed by atoms with Crippen LogP contribution in [0.15, 0.2) is 41.8 Å². The number of para-hydroxylation sites is 1. The number of anilines is 1. The van der Waals surface area contributed by atoms with Gasteiger partial charge in [-0.3, -0.25) is 4.79 Å². The number of benzene rings is 2. The number of nitrogens with one attached hydrogen (secondary N) is 1. The van der Waals surface area contributed by atoms with Crippen LogP contribution in [-0.4, -0.2) is 17.5 Å². The molecular weight excluding hydrogens is 352 g/mol. The molecule has 0 aliphatic heterocycles. The van der Waals surface area contributed by atoms with E-state index in [4.69, 9.17) is 4.74 Å². The predicted molar refractivity (Wildman–Crippen MR) is 105 cm³/mol. The number of nitrogens with zero attached hydrogens (tertiary/aromatic N) is 1. The van der Waals surface area contributed by atoms with Crippen molar-refractivity contribution in [1.29, 1.82) is 0 Å². The van der Waals surface area contributed by atoms with Crippen molar-refractivity contribution in [3.8, 4) is 5.75 Å². The van der Waals surface area contributed by atoms with E-state index in [-0.39, 0.29) is 12.5 Å². The maximum atomic E-state index is 12.2. The van der Waals surface area contributed by atoms with Gasteiger partial charge in [-0.05, 0) is 36.9 Å². The van der Waals surface area contributed by atoms with E-state index in [0.29, 0.717) is 0 Å². The highest BCUT2D eigenvalue weighted by Gasteiger charge is 2.14. The Hall–Kier alpha value is -2.44. The largest absolute Gasteiger partial charge is 0.483 e. The van der Waals surface area contributed by atoms with Gasteiger partial charge in [-0.25, -0.2) is 4.98 Å². The van der Waals surface area contributed by atoms with E-state index in [2.05, 4.69) is 10.3 Å². The summed E-state index contributed by atoms with van der Waals surface area (Å²) in [4.78, 5) is 16.8. The molecule has 0 aliphatic carbocycles. The standard InChI is InChI=1S/C19H16N2O2S2/c1-11-5-3-4-6-14(11)21-17(22)10-23-15-9-16-18(20-12(2)25-16)19-13(15)7-8-24-19/h3-9H,10H2,1-2H3,(H,21,22). The molecule has 0 spiro atoms. The van der Waals surface area contributed by atoms with Crippen molar-refractivity contribution in [2.45, 2.75) is 13.8 Å². The van der Waals surface area contributed by atoms with Crippen LogP contribution in [0.4, 0.5) is 5.69 Å². The van der Waals surface area contributed by atoms with Gasteiger partial charge in [-0.15, -0.1) is 22.7 Å². The van der Waals surface area contributed by atoms with Crippen molar-refractivity contribution in [1.82, 2.24) is 4.98 Å². The average molecular weight is 368 g/mol. The fourth-order valence-corrected chi connectivity index (χ4v) is 4.58. The van der Waals surface area contributed by atoms with Crippen LogP contribution < -0.4 is 10.1 Å². The second kappa shape index (κ2) is 6.46. The lowest BCUT2D eigenvalue weighted by Gasteiger charge is -2.10. The summed E-state index contributed by atoms with van der Waals surface area (Å²) in [5, 5.41) is 6.95. The van der Waals surface area contributed by atoms with Crippen LogP contribution in [0.2, 0.25) is 0 Å². The van der Waals surface area contributed by atoms with Crippen LogP contribution in [0.1, 0.15) is 10.6 Å². The van der Waals surface area contributed by atoms with Crippen molar-refractivity contribution in [2.75, 3.05) is 11.9 Å². The zero-order valence-corrected chi connectivity index (χ0v) is 15.5. The molecule has 6 heteroatoms.